The minimum absolute atomic E-state index is 0. The van der Waals surface area contributed by atoms with Gasteiger partial charge in [-0.3, -0.25) is 0 Å². The minimum Gasteiger partial charge on any atom is -1.00 e. The van der Waals surface area contributed by atoms with Crippen molar-refractivity contribution in [3.05, 3.63) is 0 Å². The van der Waals surface area contributed by atoms with Crippen molar-refractivity contribution in [2.45, 2.75) is 25.3 Å². The number of hydrogen-bond acceptors (Lipinski definition) is 6. The summed E-state index contributed by atoms with van der Waals surface area (Å²) in [6, 6.07) is -0.827. The van der Waals surface area contributed by atoms with Crippen molar-refractivity contribution in [1.29, 1.82) is 0 Å². The fourth-order valence-corrected chi connectivity index (χ4v) is 1.23. The van der Waals surface area contributed by atoms with E-state index in [4.69, 9.17) is 21.7 Å². The molecule has 0 aromatic rings. The highest BCUT2D eigenvalue weighted by Crippen LogP contribution is 1.96. The fourth-order valence-electron chi connectivity index (χ4n) is 1.23. The van der Waals surface area contributed by atoms with Gasteiger partial charge in [-0.1, -0.05) is 6.42 Å². The molecule has 0 unspecified atom stereocenters. The van der Waals surface area contributed by atoms with Crippen LogP contribution < -0.4 is 29.0 Å². The molecule has 0 spiro atoms. The molecule has 0 saturated carbocycles. The Morgan fingerprint density at radius 2 is 1.31 bits per heavy atom. The molecule has 0 heterocycles. The summed E-state index contributed by atoms with van der Waals surface area (Å²) in [5, 5.41) is 26.8. The SMILES string of the molecule is C[N+](C)(C)CCO.C[N+](C)(C)CCO.Cl.NCCCC[C@H](N)C(=O)[O-].[Cl-]. The molecule has 0 bridgehead atoms. The summed E-state index contributed by atoms with van der Waals surface area (Å²) in [7, 11) is 12.3. The van der Waals surface area contributed by atoms with Crippen molar-refractivity contribution in [3.8, 4) is 0 Å². The van der Waals surface area contributed by atoms with E-state index in [1.54, 1.807) is 0 Å². The van der Waals surface area contributed by atoms with E-state index in [1.807, 2.05) is 0 Å². The van der Waals surface area contributed by atoms with Crippen LogP contribution >= 0.6 is 12.4 Å². The lowest BCUT2D eigenvalue weighted by Crippen LogP contribution is -3.00. The number of nitrogens with zero attached hydrogens (tertiary/aromatic N) is 2. The number of nitrogens with two attached hydrogens (primary N) is 2. The number of aliphatic hydroxyl groups is 2. The predicted molar refractivity (Wildman–Crippen MR) is 103 cm³/mol. The number of quaternary nitrogens is 2. The highest BCUT2D eigenvalue weighted by Gasteiger charge is 2.03. The van der Waals surface area contributed by atoms with Crippen molar-refractivity contribution in [2.75, 3.05) is 75.1 Å². The Hall–Kier alpha value is -0.190. The Labute approximate surface area is 172 Å². The first-order valence-electron chi connectivity index (χ1n) is 8.29. The Bertz CT molecular complexity index is 283. The first-order valence-corrected chi connectivity index (χ1v) is 8.29. The third-order valence-electron chi connectivity index (χ3n) is 2.81. The fraction of sp³-hybridized carbons (Fsp3) is 0.938. The van der Waals surface area contributed by atoms with Crippen LogP contribution in [0.25, 0.3) is 0 Å². The maximum atomic E-state index is 10.0. The van der Waals surface area contributed by atoms with Crippen LogP contribution in [0.2, 0.25) is 0 Å². The summed E-state index contributed by atoms with van der Waals surface area (Å²) in [6.07, 6.45) is 2.03. The van der Waals surface area contributed by atoms with Crippen LogP contribution in [-0.2, 0) is 4.79 Å². The topological polar surface area (TPSA) is 133 Å². The van der Waals surface area contributed by atoms with E-state index in [0.29, 0.717) is 13.0 Å². The number of hydrogen-bond donors (Lipinski definition) is 4. The summed E-state index contributed by atoms with van der Waals surface area (Å²) < 4.78 is 1.69. The highest BCUT2D eigenvalue weighted by molar-refractivity contribution is 5.85. The zero-order valence-electron chi connectivity index (χ0n) is 17.3. The highest BCUT2D eigenvalue weighted by atomic mass is 35.5. The first kappa shape index (κ1) is 36.7. The summed E-state index contributed by atoms with van der Waals surface area (Å²) in [6.45, 7) is 2.81. The van der Waals surface area contributed by atoms with Gasteiger partial charge in [0.05, 0.1) is 61.5 Å². The molecule has 0 aromatic carbocycles. The van der Waals surface area contributed by atoms with Crippen molar-refractivity contribution < 1.29 is 41.5 Å². The lowest BCUT2D eigenvalue weighted by molar-refractivity contribution is -0.870. The van der Waals surface area contributed by atoms with E-state index >= 15 is 0 Å². The Kier molecular flexibility index (Phi) is 29.8. The number of unbranched alkanes of at least 4 members (excludes halogenated alkanes) is 1. The average molecular weight is 425 g/mol. The van der Waals surface area contributed by atoms with E-state index < -0.39 is 12.0 Å². The van der Waals surface area contributed by atoms with Crippen LogP contribution in [0.3, 0.4) is 0 Å². The van der Waals surface area contributed by atoms with E-state index in [-0.39, 0.29) is 38.0 Å². The molecule has 0 amide bonds. The molecule has 0 rings (SSSR count). The van der Waals surface area contributed by atoms with Gasteiger partial charge in [0.15, 0.2) is 0 Å². The Morgan fingerprint density at radius 3 is 1.46 bits per heavy atom. The molecular weight excluding hydrogens is 383 g/mol. The molecule has 0 aliphatic carbocycles. The summed E-state index contributed by atoms with van der Waals surface area (Å²) in [5.74, 6) is -1.18. The van der Waals surface area contributed by atoms with Gasteiger partial charge in [0.1, 0.15) is 13.1 Å². The van der Waals surface area contributed by atoms with Crippen molar-refractivity contribution in [3.63, 3.8) is 0 Å². The number of halogens is 2. The standard InChI is InChI=1S/C6H14N2O2.2C5H14NO.2ClH/c7-4-2-1-3-5(8)6(9)10;2*1-6(2,3)4-5-7;;/h5H,1-4,7-8H2,(H,9,10);2*7H,4-5H2,1-3H3;2*1H/q;2*+1;;/p-2/t5-;;;;/m0..../s1. The van der Waals surface area contributed by atoms with Crippen LogP contribution in [0.4, 0.5) is 0 Å². The maximum absolute atomic E-state index is 10.0. The lowest BCUT2D eigenvalue weighted by Gasteiger charge is -2.21. The third-order valence-corrected chi connectivity index (χ3v) is 2.81. The molecule has 0 saturated heterocycles. The van der Waals surface area contributed by atoms with Crippen LogP contribution in [0, 0.1) is 0 Å². The molecule has 0 radical (unpaired) electrons. The number of carboxylic acids is 1. The van der Waals surface area contributed by atoms with Gasteiger partial charge in [0.2, 0.25) is 0 Å². The van der Waals surface area contributed by atoms with Gasteiger partial charge in [-0.15, -0.1) is 12.4 Å². The lowest BCUT2D eigenvalue weighted by atomic mass is 10.1. The second-order valence-corrected chi connectivity index (χ2v) is 7.69. The van der Waals surface area contributed by atoms with Gasteiger partial charge in [-0.25, -0.2) is 0 Å². The summed E-state index contributed by atoms with van der Waals surface area (Å²) in [5.41, 5.74) is 10.3. The normalized spacial score (nSPS) is 11.5. The van der Waals surface area contributed by atoms with Gasteiger partial charge in [0, 0.05) is 6.04 Å². The zero-order chi connectivity index (χ0) is 19.8. The van der Waals surface area contributed by atoms with Crippen LogP contribution in [-0.4, -0.2) is 106 Å². The molecular formula is C16H42Cl2N4O4. The maximum Gasteiger partial charge on any atom is 0.101 e. The number of carbonyl (C=O) groups is 1. The van der Waals surface area contributed by atoms with Crippen LogP contribution in [0.15, 0.2) is 0 Å². The van der Waals surface area contributed by atoms with E-state index in [2.05, 4.69) is 42.3 Å². The number of aliphatic carboxylic acids is 1. The van der Waals surface area contributed by atoms with Gasteiger partial charge < -0.3 is 53.0 Å². The van der Waals surface area contributed by atoms with E-state index in [1.165, 1.54) is 0 Å². The van der Waals surface area contributed by atoms with Crippen LogP contribution in [0.5, 0.6) is 0 Å². The molecule has 0 fully saturated rings. The van der Waals surface area contributed by atoms with E-state index in [9.17, 15) is 9.90 Å². The van der Waals surface area contributed by atoms with Crippen LogP contribution in [0.1, 0.15) is 19.3 Å². The van der Waals surface area contributed by atoms with E-state index in [0.717, 1.165) is 34.9 Å². The number of likely N-dealkylation sites (N-methyl/N-ethyl adjacent to an activating group) is 2. The summed E-state index contributed by atoms with van der Waals surface area (Å²) in [4.78, 5) is 10.0. The minimum atomic E-state index is -1.18. The largest absolute Gasteiger partial charge is 1.00 e. The van der Waals surface area contributed by atoms with Crippen molar-refractivity contribution in [2.24, 2.45) is 11.5 Å². The molecule has 1 atom stereocenters. The molecule has 0 aliphatic heterocycles. The van der Waals surface area contributed by atoms with Crippen molar-refractivity contribution in [1.82, 2.24) is 0 Å². The smallest absolute Gasteiger partial charge is 0.101 e. The number of rotatable bonds is 9. The third kappa shape index (κ3) is 43.8. The monoisotopic (exact) mass is 424 g/mol. The molecule has 26 heavy (non-hydrogen) atoms. The van der Waals surface area contributed by atoms with Gasteiger partial charge in [0.25, 0.3) is 0 Å². The molecule has 10 heteroatoms. The average Bonchev–Trinajstić information content (AvgIpc) is 2.37. The van der Waals surface area contributed by atoms with Gasteiger partial charge in [-0.05, 0) is 19.4 Å². The zero-order valence-corrected chi connectivity index (χ0v) is 18.9. The molecule has 6 N–H and O–H groups in total. The first-order chi connectivity index (χ1) is 10.8. The second kappa shape index (κ2) is 21.1. The van der Waals surface area contributed by atoms with Gasteiger partial charge >= 0.3 is 0 Å². The van der Waals surface area contributed by atoms with Gasteiger partial charge in [-0.2, -0.15) is 0 Å². The molecule has 0 aliphatic rings. The Morgan fingerprint density at radius 1 is 0.962 bits per heavy atom. The number of aliphatic hydroxyl groups excluding tert-OH is 2. The predicted octanol–water partition coefficient (Wildman–Crippen LogP) is -5.01. The molecule has 8 nitrogen and oxygen atoms in total. The second-order valence-electron chi connectivity index (χ2n) is 7.69. The van der Waals surface area contributed by atoms with Crippen molar-refractivity contribution >= 4 is 18.4 Å². The number of carboxylic acid groups (broad SMARTS) is 1. The molecule has 0 aromatic heterocycles. The Balaban J connectivity index is -0.0000000836. The summed E-state index contributed by atoms with van der Waals surface area (Å²) >= 11 is 0. The molecule has 164 valence electrons. The number of carbonyl (C=O) groups excluding carboxylic acids is 1. The quantitative estimate of drug-likeness (QED) is 0.216.